The highest BCUT2D eigenvalue weighted by Gasteiger charge is 2.20. The quantitative estimate of drug-likeness (QED) is 0.811. The van der Waals surface area contributed by atoms with E-state index >= 15 is 0 Å². The molecular weight excluding hydrogens is 304 g/mol. The van der Waals surface area contributed by atoms with Crippen LogP contribution in [0.25, 0.3) is 0 Å². The minimum atomic E-state index is -0.255. The monoisotopic (exact) mass is 326 g/mol. The molecule has 2 aromatic carbocycles. The van der Waals surface area contributed by atoms with E-state index in [4.69, 9.17) is 0 Å². The van der Waals surface area contributed by atoms with Crippen molar-refractivity contribution in [2.24, 2.45) is 0 Å². The number of para-hydroxylation sites is 2. The fourth-order valence-corrected chi connectivity index (χ4v) is 2.91. The normalized spacial score (nSPS) is 15.3. The van der Waals surface area contributed by atoms with Crippen molar-refractivity contribution >= 4 is 17.3 Å². The van der Waals surface area contributed by atoms with E-state index in [0.717, 1.165) is 42.9 Å². The number of piperidine rings is 1. The van der Waals surface area contributed by atoms with Crippen LogP contribution in [0.3, 0.4) is 0 Å². The molecule has 1 heterocycles. The van der Waals surface area contributed by atoms with E-state index in [1.54, 1.807) is 19.1 Å². The first-order chi connectivity index (χ1) is 11.5. The number of aryl methyl sites for hydroxylation is 1. The van der Waals surface area contributed by atoms with Crippen LogP contribution in [0.15, 0.2) is 42.5 Å². The van der Waals surface area contributed by atoms with Gasteiger partial charge in [-0.1, -0.05) is 18.2 Å². The molecule has 0 aliphatic carbocycles. The van der Waals surface area contributed by atoms with Crippen LogP contribution >= 0.6 is 0 Å². The number of phenols is 1. The van der Waals surface area contributed by atoms with Crippen LogP contribution in [-0.2, 0) is 0 Å². The van der Waals surface area contributed by atoms with Crippen LogP contribution in [-0.4, -0.2) is 35.3 Å². The number of rotatable bonds is 3. The molecule has 2 aromatic rings. The number of hydrogen-bond acceptors (Lipinski definition) is 4. The van der Waals surface area contributed by atoms with Crippen molar-refractivity contribution in [3.63, 3.8) is 0 Å². The van der Waals surface area contributed by atoms with Crippen LogP contribution in [0.4, 0.5) is 11.4 Å². The smallest absolute Gasteiger partial charge is 0.255 e. The van der Waals surface area contributed by atoms with Crippen LogP contribution < -0.4 is 10.2 Å². The highest BCUT2D eigenvalue weighted by molar-refractivity contribution is 6.06. The van der Waals surface area contributed by atoms with Crippen molar-refractivity contribution in [1.82, 2.24) is 0 Å². The molecule has 5 heteroatoms. The van der Waals surface area contributed by atoms with Crippen molar-refractivity contribution in [1.29, 1.82) is 0 Å². The van der Waals surface area contributed by atoms with Gasteiger partial charge in [-0.05, 0) is 49.6 Å². The van der Waals surface area contributed by atoms with Crippen molar-refractivity contribution in [2.75, 3.05) is 23.3 Å². The van der Waals surface area contributed by atoms with E-state index in [2.05, 4.69) is 10.2 Å². The summed E-state index contributed by atoms with van der Waals surface area (Å²) in [5, 5.41) is 22.4. The molecule has 1 saturated heterocycles. The number of phenolic OH excluding ortho intramolecular Hbond substituents is 1. The second-order valence-corrected chi connectivity index (χ2v) is 6.19. The molecule has 3 N–H and O–H groups in total. The Morgan fingerprint density at radius 1 is 1.17 bits per heavy atom. The standard InChI is InChI=1S/C19H22N2O3/c1-13-6-7-14(12-18(13)23)19(24)20-16-4-2-3-5-17(16)21-10-8-15(22)9-11-21/h2-7,12,15,22-23H,8-11H2,1H3,(H,20,24). The lowest BCUT2D eigenvalue weighted by atomic mass is 10.1. The van der Waals surface area contributed by atoms with Gasteiger partial charge < -0.3 is 20.4 Å². The van der Waals surface area contributed by atoms with Crippen molar-refractivity contribution < 1.29 is 15.0 Å². The van der Waals surface area contributed by atoms with E-state index in [1.807, 2.05) is 24.3 Å². The Labute approximate surface area is 141 Å². The molecule has 0 radical (unpaired) electrons. The number of anilines is 2. The molecule has 0 bridgehead atoms. The molecule has 126 valence electrons. The number of carbonyl (C=O) groups is 1. The highest BCUT2D eigenvalue weighted by atomic mass is 16.3. The predicted octanol–water partition coefficient (Wildman–Crippen LogP) is 2.91. The first kappa shape index (κ1) is 16.3. The van der Waals surface area contributed by atoms with Crippen LogP contribution in [0.2, 0.25) is 0 Å². The van der Waals surface area contributed by atoms with Gasteiger partial charge in [-0.3, -0.25) is 4.79 Å². The van der Waals surface area contributed by atoms with Crippen LogP contribution in [0, 0.1) is 6.92 Å². The predicted molar refractivity (Wildman–Crippen MR) is 94.7 cm³/mol. The molecule has 1 fully saturated rings. The number of nitrogens with zero attached hydrogens (tertiary/aromatic N) is 1. The minimum absolute atomic E-state index is 0.112. The fraction of sp³-hybridized carbons (Fsp3) is 0.316. The van der Waals surface area contributed by atoms with Gasteiger partial charge >= 0.3 is 0 Å². The molecule has 24 heavy (non-hydrogen) atoms. The van der Waals surface area contributed by atoms with E-state index < -0.39 is 0 Å². The fourth-order valence-electron chi connectivity index (χ4n) is 2.91. The Bertz CT molecular complexity index is 737. The van der Waals surface area contributed by atoms with E-state index in [0.29, 0.717) is 5.56 Å². The van der Waals surface area contributed by atoms with Gasteiger partial charge in [0.15, 0.2) is 0 Å². The van der Waals surface area contributed by atoms with Crippen molar-refractivity contribution in [3.8, 4) is 5.75 Å². The Balaban J connectivity index is 1.80. The lowest BCUT2D eigenvalue weighted by molar-refractivity contribution is 0.102. The summed E-state index contributed by atoms with van der Waals surface area (Å²) in [6, 6.07) is 12.6. The number of nitrogens with one attached hydrogen (secondary N) is 1. The van der Waals surface area contributed by atoms with Gasteiger partial charge in [-0.25, -0.2) is 0 Å². The molecule has 0 saturated carbocycles. The number of amides is 1. The lowest BCUT2D eigenvalue weighted by Crippen LogP contribution is -2.36. The van der Waals surface area contributed by atoms with Gasteiger partial charge in [-0.2, -0.15) is 0 Å². The summed E-state index contributed by atoms with van der Waals surface area (Å²) in [4.78, 5) is 14.7. The van der Waals surface area contributed by atoms with Crippen LogP contribution in [0.1, 0.15) is 28.8 Å². The Morgan fingerprint density at radius 2 is 1.88 bits per heavy atom. The number of aliphatic hydroxyl groups is 1. The van der Waals surface area contributed by atoms with Gasteiger partial charge in [0.1, 0.15) is 5.75 Å². The van der Waals surface area contributed by atoms with Crippen molar-refractivity contribution in [3.05, 3.63) is 53.6 Å². The maximum Gasteiger partial charge on any atom is 0.255 e. The van der Waals surface area contributed by atoms with Gasteiger partial charge in [0, 0.05) is 18.7 Å². The number of benzene rings is 2. The van der Waals surface area contributed by atoms with E-state index in [9.17, 15) is 15.0 Å². The number of carbonyl (C=O) groups excluding carboxylic acids is 1. The minimum Gasteiger partial charge on any atom is -0.508 e. The average Bonchev–Trinajstić information content (AvgIpc) is 2.58. The zero-order chi connectivity index (χ0) is 17.1. The Morgan fingerprint density at radius 3 is 2.58 bits per heavy atom. The van der Waals surface area contributed by atoms with Crippen molar-refractivity contribution in [2.45, 2.75) is 25.9 Å². The molecule has 0 unspecified atom stereocenters. The summed E-state index contributed by atoms with van der Waals surface area (Å²) in [5.41, 5.74) is 2.84. The summed E-state index contributed by atoms with van der Waals surface area (Å²) < 4.78 is 0. The molecule has 5 nitrogen and oxygen atoms in total. The lowest BCUT2D eigenvalue weighted by Gasteiger charge is -2.32. The maximum absolute atomic E-state index is 12.5. The molecule has 3 rings (SSSR count). The Kier molecular flexibility index (Phi) is 4.71. The van der Waals surface area contributed by atoms with Gasteiger partial charge in [-0.15, -0.1) is 0 Å². The molecule has 0 atom stereocenters. The third-order valence-electron chi connectivity index (χ3n) is 4.43. The summed E-state index contributed by atoms with van der Waals surface area (Å²) in [6.45, 7) is 3.32. The molecule has 0 aromatic heterocycles. The second kappa shape index (κ2) is 6.93. The SMILES string of the molecule is Cc1ccc(C(=O)Nc2ccccc2N2CCC(O)CC2)cc1O. The molecule has 1 amide bonds. The van der Waals surface area contributed by atoms with Gasteiger partial charge in [0.25, 0.3) is 5.91 Å². The molecular formula is C19H22N2O3. The summed E-state index contributed by atoms with van der Waals surface area (Å²) >= 11 is 0. The Hall–Kier alpha value is -2.53. The van der Waals surface area contributed by atoms with Gasteiger partial charge in [0.2, 0.25) is 0 Å². The third-order valence-corrected chi connectivity index (χ3v) is 4.43. The van der Waals surface area contributed by atoms with Gasteiger partial charge in [0.05, 0.1) is 17.5 Å². The molecule has 0 spiro atoms. The summed E-state index contributed by atoms with van der Waals surface area (Å²) in [5.74, 6) is -0.143. The first-order valence-electron chi connectivity index (χ1n) is 8.17. The third kappa shape index (κ3) is 3.51. The van der Waals surface area contributed by atoms with E-state index in [-0.39, 0.29) is 17.8 Å². The largest absolute Gasteiger partial charge is 0.508 e. The zero-order valence-corrected chi connectivity index (χ0v) is 13.7. The van der Waals surface area contributed by atoms with E-state index in [1.165, 1.54) is 6.07 Å². The topological polar surface area (TPSA) is 72.8 Å². The summed E-state index contributed by atoms with van der Waals surface area (Å²) in [6.07, 6.45) is 1.22. The number of hydrogen-bond donors (Lipinski definition) is 3. The number of aromatic hydroxyl groups is 1. The number of aliphatic hydroxyl groups excluding tert-OH is 1. The first-order valence-corrected chi connectivity index (χ1v) is 8.17. The summed E-state index contributed by atoms with van der Waals surface area (Å²) in [7, 11) is 0. The highest BCUT2D eigenvalue weighted by Crippen LogP contribution is 2.29. The van der Waals surface area contributed by atoms with Crippen LogP contribution in [0.5, 0.6) is 5.75 Å². The average molecular weight is 326 g/mol. The maximum atomic E-state index is 12.5. The molecule has 1 aliphatic rings. The zero-order valence-electron chi connectivity index (χ0n) is 13.7. The molecule has 1 aliphatic heterocycles. The second-order valence-electron chi connectivity index (χ2n) is 6.19.